The summed E-state index contributed by atoms with van der Waals surface area (Å²) < 4.78 is 0. The Kier molecular flexibility index (Phi) is 4.51. The number of thiazole rings is 1. The molecule has 20 heavy (non-hydrogen) atoms. The molecule has 1 aromatic heterocycles. The van der Waals surface area contributed by atoms with Crippen molar-refractivity contribution < 1.29 is 4.79 Å². The van der Waals surface area contributed by atoms with Gasteiger partial charge in [-0.2, -0.15) is 0 Å². The van der Waals surface area contributed by atoms with Gasteiger partial charge < -0.3 is 11.1 Å². The first kappa shape index (κ1) is 14.3. The van der Waals surface area contributed by atoms with Gasteiger partial charge in [0.2, 0.25) is 0 Å². The summed E-state index contributed by atoms with van der Waals surface area (Å²) in [6, 6.07) is 5.61. The molecule has 3 N–H and O–H groups in total. The maximum atomic E-state index is 12.0. The number of nitrogens with zero attached hydrogens (tertiary/aromatic N) is 1. The molecule has 0 atom stereocenters. The Morgan fingerprint density at radius 1 is 1.45 bits per heavy atom. The van der Waals surface area contributed by atoms with Crippen molar-refractivity contribution in [3.8, 4) is 11.8 Å². The summed E-state index contributed by atoms with van der Waals surface area (Å²) in [5.74, 6) is 5.67. The fourth-order valence-corrected chi connectivity index (χ4v) is 2.36. The van der Waals surface area contributed by atoms with Gasteiger partial charge in [0, 0.05) is 11.3 Å². The number of benzene rings is 1. The number of carbonyl (C=O) groups excluding carboxylic acids is 1. The molecule has 5 heteroatoms. The Balaban J connectivity index is 2.14. The van der Waals surface area contributed by atoms with E-state index in [0.29, 0.717) is 11.4 Å². The second-order valence-corrected chi connectivity index (χ2v) is 5.47. The first-order valence-corrected chi connectivity index (χ1v) is 6.95. The van der Waals surface area contributed by atoms with Gasteiger partial charge in [0.15, 0.2) is 0 Å². The largest absolute Gasteiger partial charge is 0.321 e. The van der Waals surface area contributed by atoms with Crippen LogP contribution in [0.25, 0.3) is 0 Å². The number of aryl methyl sites for hydroxylation is 2. The smallest absolute Gasteiger partial charge is 0.267 e. The molecule has 0 bridgehead atoms. The van der Waals surface area contributed by atoms with Crippen molar-refractivity contribution in [2.45, 2.75) is 13.8 Å². The van der Waals surface area contributed by atoms with Crippen molar-refractivity contribution in [2.75, 3.05) is 11.9 Å². The Morgan fingerprint density at radius 2 is 2.25 bits per heavy atom. The van der Waals surface area contributed by atoms with Crippen molar-refractivity contribution >= 4 is 22.9 Å². The van der Waals surface area contributed by atoms with Gasteiger partial charge in [-0.1, -0.05) is 11.8 Å². The third-order valence-corrected chi connectivity index (χ3v) is 3.57. The van der Waals surface area contributed by atoms with Gasteiger partial charge >= 0.3 is 0 Å². The average molecular weight is 285 g/mol. The van der Waals surface area contributed by atoms with Crippen LogP contribution in [-0.2, 0) is 0 Å². The van der Waals surface area contributed by atoms with Gasteiger partial charge in [-0.05, 0) is 37.6 Å². The number of aromatic nitrogens is 1. The number of hydrogen-bond donors (Lipinski definition) is 2. The third kappa shape index (κ3) is 3.44. The van der Waals surface area contributed by atoms with Crippen LogP contribution in [-0.4, -0.2) is 17.4 Å². The van der Waals surface area contributed by atoms with Crippen LogP contribution in [0, 0.1) is 25.7 Å². The molecular weight excluding hydrogens is 270 g/mol. The number of nitrogens with two attached hydrogens (primary N) is 1. The molecule has 1 heterocycles. The summed E-state index contributed by atoms with van der Waals surface area (Å²) >= 11 is 1.37. The molecule has 0 radical (unpaired) electrons. The zero-order valence-electron chi connectivity index (χ0n) is 11.4. The second kappa shape index (κ2) is 6.33. The van der Waals surface area contributed by atoms with Crippen LogP contribution in [0.5, 0.6) is 0 Å². The Morgan fingerprint density at radius 3 is 2.85 bits per heavy atom. The number of hydrogen-bond acceptors (Lipinski definition) is 4. The molecule has 0 unspecified atom stereocenters. The van der Waals surface area contributed by atoms with Crippen LogP contribution in [0.15, 0.2) is 24.4 Å². The van der Waals surface area contributed by atoms with Crippen molar-refractivity contribution in [1.82, 2.24) is 4.98 Å². The van der Waals surface area contributed by atoms with E-state index in [4.69, 9.17) is 5.73 Å². The van der Waals surface area contributed by atoms with E-state index in [9.17, 15) is 4.79 Å². The number of anilines is 1. The van der Waals surface area contributed by atoms with E-state index in [1.54, 1.807) is 6.20 Å². The lowest BCUT2D eigenvalue weighted by Crippen LogP contribution is -2.10. The number of carbonyl (C=O) groups is 1. The molecule has 0 aliphatic carbocycles. The zero-order valence-corrected chi connectivity index (χ0v) is 12.2. The molecule has 0 saturated carbocycles. The molecule has 102 valence electrons. The van der Waals surface area contributed by atoms with E-state index in [1.165, 1.54) is 11.3 Å². The molecule has 0 spiro atoms. The molecule has 0 saturated heterocycles. The Labute approximate surface area is 122 Å². The highest BCUT2D eigenvalue weighted by Crippen LogP contribution is 2.17. The van der Waals surface area contributed by atoms with Crippen molar-refractivity contribution in [2.24, 2.45) is 5.73 Å². The predicted molar refractivity (Wildman–Crippen MR) is 81.9 cm³/mol. The summed E-state index contributed by atoms with van der Waals surface area (Å²) in [6.07, 6.45) is 1.59. The Bertz CT molecular complexity index is 695. The van der Waals surface area contributed by atoms with E-state index in [2.05, 4.69) is 22.1 Å². The number of nitrogens with one attached hydrogen (secondary N) is 1. The molecule has 1 aromatic carbocycles. The van der Waals surface area contributed by atoms with E-state index in [0.717, 1.165) is 21.8 Å². The molecule has 0 fully saturated rings. The van der Waals surface area contributed by atoms with E-state index in [1.807, 2.05) is 32.0 Å². The molecule has 4 nitrogen and oxygen atoms in total. The molecule has 2 rings (SSSR count). The van der Waals surface area contributed by atoms with Crippen LogP contribution in [0.3, 0.4) is 0 Å². The van der Waals surface area contributed by atoms with E-state index in [-0.39, 0.29) is 5.91 Å². The predicted octanol–water partition coefficient (Wildman–Crippen LogP) is 2.32. The maximum absolute atomic E-state index is 12.0. The quantitative estimate of drug-likeness (QED) is 0.832. The maximum Gasteiger partial charge on any atom is 0.267 e. The molecule has 0 aliphatic heterocycles. The normalized spacial score (nSPS) is 9.75. The zero-order chi connectivity index (χ0) is 14.5. The summed E-state index contributed by atoms with van der Waals surface area (Å²) in [4.78, 5) is 16.7. The minimum absolute atomic E-state index is 0.143. The molecule has 0 aliphatic rings. The van der Waals surface area contributed by atoms with Gasteiger partial charge in [0.25, 0.3) is 5.91 Å². The summed E-state index contributed by atoms with van der Waals surface area (Å²) in [6.45, 7) is 4.16. The van der Waals surface area contributed by atoms with Crippen molar-refractivity contribution in [1.29, 1.82) is 0 Å². The van der Waals surface area contributed by atoms with Crippen LogP contribution in [0.2, 0.25) is 0 Å². The van der Waals surface area contributed by atoms with Crippen LogP contribution >= 0.6 is 11.3 Å². The van der Waals surface area contributed by atoms with Crippen molar-refractivity contribution in [3.63, 3.8) is 0 Å². The highest BCUT2D eigenvalue weighted by molar-refractivity contribution is 7.13. The second-order valence-electron chi connectivity index (χ2n) is 4.23. The molecule has 1 amide bonds. The minimum Gasteiger partial charge on any atom is -0.321 e. The molecule has 2 aromatic rings. The fraction of sp³-hybridized carbons (Fsp3) is 0.200. The highest BCUT2D eigenvalue weighted by Gasteiger charge is 2.09. The average Bonchev–Trinajstić information content (AvgIpc) is 2.85. The summed E-state index contributed by atoms with van der Waals surface area (Å²) in [5.41, 5.74) is 8.02. The molecular formula is C15H15N3OS. The van der Waals surface area contributed by atoms with E-state index >= 15 is 0 Å². The lowest BCUT2D eigenvalue weighted by molar-refractivity contribution is 0.103. The first-order chi connectivity index (χ1) is 9.60. The number of rotatable bonds is 2. The standard InChI is InChI=1S/C15H15N3OS/c1-10-8-13(6-5-12(10)4-3-7-16)18-15(19)14-9-17-11(2)20-14/h5-6,8-9H,7,16H2,1-2H3,(H,18,19). The lowest BCUT2D eigenvalue weighted by Gasteiger charge is -2.05. The first-order valence-electron chi connectivity index (χ1n) is 6.13. The van der Waals surface area contributed by atoms with Gasteiger partial charge in [-0.3, -0.25) is 4.79 Å². The SMILES string of the molecule is Cc1ncc(C(=O)Nc2ccc(C#CCN)c(C)c2)s1. The van der Waals surface area contributed by atoms with Crippen LogP contribution < -0.4 is 11.1 Å². The summed E-state index contributed by atoms with van der Waals surface area (Å²) in [7, 11) is 0. The van der Waals surface area contributed by atoms with E-state index < -0.39 is 0 Å². The Hall–Kier alpha value is -2.16. The van der Waals surface area contributed by atoms with Gasteiger partial charge in [-0.25, -0.2) is 4.98 Å². The monoisotopic (exact) mass is 285 g/mol. The lowest BCUT2D eigenvalue weighted by atomic mass is 10.1. The highest BCUT2D eigenvalue weighted by atomic mass is 32.1. The topological polar surface area (TPSA) is 68.0 Å². The number of amides is 1. The third-order valence-electron chi connectivity index (χ3n) is 2.65. The van der Waals surface area contributed by atoms with Crippen LogP contribution in [0.1, 0.15) is 25.8 Å². The fourth-order valence-electron chi connectivity index (χ4n) is 1.69. The van der Waals surface area contributed by atoms with Gasteiger partial charge in [0.1, 0.15) is 4.88 Å². The van der Waals surface area contributed by atoms with Gasteiger partial charge in [-0.15, -0.1) is 11.3 Å². The van der Waals surface area contributed by atoms with Crippen LogP contribution in [0.4, 0.5) is 5.69 Å². The summed E-state index contributed by atoms with van der Waals surface area (Å²) in [5, 5.41) is 3.73. The minimum atomic E-state index is -0.143. The van der Waals surface area contributed by atoms with Crippen molar-refractivity contribution in [3.05, 3.63) is 45.4 Å². The van der Waals surface area contributed by atoms with Gasteiger partial charge in [0.05, 0.1) is 17.7 Å².